The van der Waals surface area contributed by atoms with E-state index in [9.17, 15) is 0 Å². The maximum atomic E-state index is 4.03. The fourth-order valence-corrected chi connectivity index (χ4v) is 0.676. The third-order valence-electron chi connectivity index (χ3n) is 1.34. The van der Waals surface area contributed by atoms with Gasteiger partial charge in [-0.15, -0.1) is 0 Å². The van der Waals surface area contributed by atoms with Gasteiger partial charge in [0.1, 0.15) is 0 Å². The summed E-state index contributed by atoms with van der Waals surface area (Å²) in [5, 5.41) is 0. The molecule has 12 heavy (non-hydrogen) atoms. The first kappa shape index (κ1) is 10.6. The lowest BCUT2D eigenvalue weighted by atomic mass is 10.2. The van der Waals surface area contributed by atoms with Crippen LogP contribution in [0.2, 0.25) is 0 Å². The summed E-state index contributed by atoms with van der Waals surface area (Å²) in [5.74, 6) is 0. The molecule has 1 nitrogen and oxygen atoms in total. The Morgan fingerprint density at radius 2 is 2.00 bits per heavy atom. The van der Waals surface area contributed by atoms with Gasteiger partial charge in [-0.3, -0.25) is 4.99 Å². The lowest BCUT2D eigenvalue weighted by molar-refractivity contribution is 1.36. The molecule has 0 saturated carbocycles. The SMILES string of the molecule is C=C/C=C\C=C/CC(C=C)=NC. The van der Waals surface area contributed by atoms with Crippen LogP contribution >= 0.6 is 0 Å². The second-order valence-electron chi connectivity index (χ2n) is 2.17. The van der Waals surface area contributed by atoms with Gasteiger partial charge in [0.05, 0.1) is 0 Å². The van der Waals surface area contributed by atoms with Gasteiger partial charge in [0.2, 0.25) is 0 Å². The largest absolute Gasteiger partial charge is 0.293 e. The van der Waals surface area contributed by atoms with Crippen molar-refractivity contribution >= 4 is 5.71 Å². The Balaban J connectivity index is 3.80. The van der Waals surface area contributed by atoms with E-state index in [1.807, 2.05) is 24.3 Å². The van der Waals surface area contributed by atoms with Gasteiger partial charge in [-0.2, -0.15) is 0 Å². The van der Waals surface area contributed by atoms with Crippen LogP contribution in [-0.2, 0) is 0 Å². The summed E-state index contributed by atoms with van der Waals surface area (Å²) >= 11 is 0. The van der Waals surface area contributed by atoms with Gasteiger partial charge in [-0.1, -0.05) is 43.5 Å². The minimum Gasteiger partial charge on any atom is -0.293 e. The van der Waals surface area contributed by atoms with Crippen molar-refractivity contribution < 1.29 is 0 Å². The average molecular weight is 161 g/mol. The first-order valence-electron chi connectivity index (χ1n) is 3.87. The molecule has 0 radical (unpaired) electrons. The Labute approximate surface area is 74.5 Å². The summed E-state index contributed by atoms with van der Waals surface area (Å²) < 4.78 is 0. The molecule has 0 heterocycles. The Kier molecular flexibility index (Phi) is 6.85. The molecule has 0 aliphatic rings. The van der Waals surface area contributed by atoms with Crippen molar-refractivity contribution in [3.8, 4) is 0 Å². The summed E-state index contributed by atoms with van der Waals surface area (Å²) in [7, 11) is 1.77. The van der Waals surface area contributed by atoms with E-state index in [0.717, 1.165) is 12.1 Å². The number of hydrogen-bond donors (Lipinski definition) is 0. The van der Waals surface area contributed by atoms with Crippen LogP contribution in [0.3, 0.4) is 0 Å². The van der Waals surface area contributed by atoms with Crippen molar-refractivity contribution in [2.24, 2.45) is 4.99 Å². The molecule has 0 aromatic rings. The zero-order chi connectivity index (χ0) is 9.23. The lowest BCUT2D eigenvalue weighted by Gasteiger charge is -1.90. The topological polar surface area (TPSA) is 12.4 Å². The van der Waals surface area contributed by atoms with Gasteiger partial charge in [-0.25, -0.2) is 0 Å². The molecule has 0 N–H and O–H groups in total. The monoisotopic (exact) mass is 161 g/mol. The molecule has 0 bridgehead atoms. The number of rotatable bonds is 5. The summed E-state index contributed by atoms with van der Waals surface area (Å²) in [6.45, 7) is 7.21. The Bertz CT molecular complexity index is 219. The second kappa shape index (κ2) is 7.73. The predicted octanol–water partition coefficient (Wildman–Crippen LogP) is 2.93. The molecule has 0 aromatic carbocycles. The number of aliphatic imine (C=N–C) groups is 1. The van der Waals surface area contributed by atoms with Crippen LogP contribution in [0, 0.1) is 0 Å². The smallest absolute Gasteiger partial charge is 0.0376 e. The normalized spacial score (nSPS) is 12.6. The first-order valence-corrected chi connectivity index (χ1v) is 3.87. The second-order valence-corrected chi connectivity index (χ2v) is 2.17. The van der Waals surface area contributed by atoms with Crippen LogP contribution in [0.15, 0.2) is 54.6 Å². The van der Waals surface area contributed by atoms with Crippen LogP contribution in [0.4, 0.5) is 0 Å². The molecule has 0 spiro atoms. The number of hydrogen-bond acceptors (Lipinski definition) is 1. The molecule has 0 atom stereocenters. The molecule has 64 valence electrons. The van der Waals surface area contributed by atoms with Crippen LogP contribution in [0.1, 0.15) is 6.42 Å². The van der Waals surface area contributed by atoms with Crippen molar-refractivity contribution in [3.05, 3.63) is 49.6 Å². The molecule has 0 aliphatic heterocycles. The minimum absolute atomic E-state index is 0.835. The first-order chi connectivity index (χ1) is 5.85. The van der Waals surface area contributed by atoms with E-state index < -0.39 is 0 Å². The quantitative estimate of drug-likeness (QED) is 0.434. The molecule has 0 amide bonds. The van der Waals surface area contributed by atoms with Gasteiger partial charge in [0.25, 0.3) is 0 Å². The fourth-order valence-electron chi connectivity index (χ4n) is 0.676. The van der Waals surface area contributed by atoms with Gasteiger partial charge in [0.15, 0.2) is 0 Å². The van der Waals surface area contributed by atoms with Crippen LogP contribution in [0.25, 0.3) is 0 Å². The Morgan fingerprint density at radius 1 is 1.25 bits per heavy atom. The van der Waals surface area contributed by atoms with E-state index in [0.29, 0.717) is 0 Å². The molecule has 1 heteroatoms. The fraction of sp³-hybridized carbons (Fsp3) is 0.182. The van der Waals surface area contributed by atoms with Crippen LogP contribution < -0.4 is 0 Å². The summed E-state index contributed by atoms with van der Waals surface area (Å²) in [6.07, 6.45) is 12.2. The maximum Gasteiger partial charge on any atom is 0.0376 e. The average Bonchev–Trinajstić information content (AvgIpc) is 2.11. The molecular weight excluding hydrogens is 146 g/mol. The Hall–Kier alpha value is -1.37. The lowest BCUT2D eigenvalue weighted by Crippen LogP contribution is -1.88. The zero-order valence-corrected chi connectivity index (χ0v) is 7.53. The van der Waals surface area contributed by atoms with Crippen LogP contribution in [0.5, 0.6) is 0 Å². The number of allylic oxidation sites excluding steroid dienone is 6. The van der Waals surface area contributed by atoms with Crippen molar-refractivity contribution in [3.63, 3.8) is 0 Å². The third-order valence-corrected chi connectivity index (χ3v) is 1.34. The highest BCUT2D eigenvalue weighted by atomic mass is 14.7. The molecule has 0 fully saturated rings. The highest BCUT2D eigenvalue weighted by molar-refractivity contribution is 5.95. The summed E-state index contributed by atoms with van der Waals surface area (Å²) in [5.41, 5.74) is 0.998. The zero-order valence-electron chi connectivity index (χ0n) is 7.53. The van der Waals surface area contributed by atoms with Crippen molar-refractivity contribution in [2.45, 2.75) is 6.42 Å². The van der Waals surface area contributed by atoms with E-state index in [1.54, 1.807) is 19.2 Å². The van der Waals surface area contributed by atoms with E-state index >= 15 is 0 Å². The Morgan fingerprint density at radius 3 is 2.50 bits per heavy atom. The van der Waals surface area contributed by atoms with Crippen molar-refractivity contribution in [1.82, 2.24) is 0 Å². The molecule has 0 unspecified atom stereocenters. The van der Waals surface area contributed by atoms with E-state index in [2.05, 4.69) is 18.2 Å². The van der Waals surface area contributed by atoms with Crippen LogP contribution in [-0.4, -0.2) is 12.8 Å². The van der Waals surface area contributed by atoms with Gasteiger partial charge in [0, 0.05) is 19.2 Å². The van der Waals surface area contributed by atoms with E-state index in [-0.39, 0.29) is 0 Å². The molecule has 0 saturated heterocycles. The molecule has 0 aliphatic carbocycles. The van der Waals surface area contributed by atoms with Gasteiger partial charge in [-0.05, 0) is 6.08 Å². The van der Waals surface area contributed by atoms with E-state index in [1.165, 1.54) is 0 Å². The van der Waals surface area contributed by atoms with Gasteiger partial charge >= 0.3 is 0 Å². The maximum absolute atomic E-state index is 4.03. The highest BCUT2D eigenvalue weighted by Crippen LogP contribution is 1.90. The number of nitrogens with zero attached hydrogens (tertiary/aromatic N) is 1. The molecule has 0 aromatic heterocycles. The standard InChI is InChI=1S/C11H15N/c1-4-6-7-8-9-10-11(5-2)12-3/h4-9H,1-2,10H2,3H3/b7-6-,9-8-,12-11?. The van der Waals surface area contributed by atoms with Crippen molar-refractivity contribution in [2.75, 3.05) is 7.05 Å². The highest BCUT2D eigenvalue weighted by Gasteiger charge is 1.84. The predicted molar refractivity (Wildman–Crippen MR) is 56.7 cm³/mol. The minimum atomic E-state index is 0.835. The summed E-state index contributed by atoms with van der Waals surface area (Å²) in [6, 6.07) is 0. The van der Waals surface area contributed by atoms with E-state index in [4.69, 9.17) is 0 Å². The van der Waals surface area contributed by atoms with Gasteiger partial charge < -0.3 is 0 Å². The molecule has 0 rings (SSSR count). The summed E-state index contributed by atoms with van der Waals surface area (Å²) in [4.78, 5) is 4.03. The molecular formula is C11H15N. The third kappa shape index (κ3) is 5.42. The van der Waals surface area contributed by atoms with Crippen molar-refractivity contribution in [1.29, 1.82) is 0 Å².